The van der Waals surface area contributed by atoms with Crippen LogP contribution in [0.15, 0.2) is 18.2 Å². The molecule has 0 saturated carbocycles. The number of benzene rings is 1. The van der Waals surface area contributed by atoms with Crippen LogP contribution < -0.4 is 5.32 Å². The van der Waals surface area contributed by atoms with Gasteiger partial charge in [-0.05, 0) is 46.9 Å². The number of halogens is 1. The highest BCUT2D eigenvalue weighted by Gasteiger charge is 2.20. The second-order valence-electron chi connectivity index (χ2n) is 5.60. The summed E-state index contributed by atoms with van der Waals surface area (Å²) in [5.74, 6) is -0.319. The molecule has 0 radical (unpaired) electrons. The third-order valence-electron chi connectivity index (χ3n) is 3.14. The molecule has 0 spiro atoms. The van der Waals surface area contributed by atoms with Crippen LogP contribution in [0.25, 0.3) is 0 Å². The predicted molar refractivity (Wildman–Crippen MR) is 88.2 cm³/mol. The fourth-order valence-electron chi connectivity index (χ4n) is 1.86. The van der Waals surface area contributed by atoms with Crippen molar-refractivity contribution in [3.05, 3.63) is 37.4 Å². The van der Waals surface area contributed by atoms with Crippen LogP contribution in [0.4, 0.5) is 5.69 Å². The van der Waals surface area contributed by atoms with Gasteiger partial charge in [-0.3, -0.25) is 14.9 Å². The van der Waals surface area contributed by atoms with Gasteiger partial charge in [-0.1, -0.05) is 13.8 Å². The number of hydrogen-bond donors (Lipinski definition) is 2. The topological polar surface area (TPSA) is 92.5 Å². The van der Waals surface area contributed by atoms with Gasteiger partial charge < -0.3 is 10.4 Å². The number of nitrogens with one attached hydrogen (secondary N) is 1. The van der Waals surface area contributed by atoms with E-state index in [0.717, 1.165) is 6.42 Å². The largest absolute Gasteiger partial charge is 0.396 e. The van der Waals surface area contributed by atoms with Crippen molar-refractivity contribution in [3.63, 3.8) is 0 Å². The molecular formula is C14H19IN2O4. The van der Waals surface area contributed by atoms with Crippen LogP contribution in [0.3, 0.4) is 0 Å². The van der Waals surface area contributed by atoms with E-state index in [1.807, 2.05) is 36.4 Å². The van der Waals surface area contributed by atoms with Gasteiger partial charge in [0.05, 0.1) is 10.5 Å². The molecular weight excluding hydrogens is 387 g/mol. The Morgan fingerprint density at radius 2 is 2.14 bits per heavy atom. The Bertz CT molecular complexity index is 532. The molecule has 0 atom stereocenters. The summed E-state index contributed by atoms with van der Waals surface area (Å²) in [5.41, 5.74) is 0.0766. The number of rotatable bonds is 7. The molecule has 1 aromatic rings. The quantitative estimate of drug-likeness (QED) is 0.414. The average Bonchev–Trinajstić information content (AvgIpc) is 2.43. The number of nitrogens with zero attached hydrogens (tertiary/aromatic N) is 1. The minimum Gasteiger partial charge on any atom is -0.396 e. The lowest BCUT2D eigenvalue weighted by Gasteiger charge is -2.24. The molecule has 0 saturated heterocycles. The molecule has 2 N–H and O–H groups in total. The number of nitro benzene ring substituents is 1. The summed E-state index contributed by atoms with van der Waals surface area (Å²) in [6, 6.07) is 4.23. The zero-order chi connectivity index (χ0) is 16.0. The van der Waals surface area contributed by atoms with E-state index in [0.29, 0.717) is 22.1 Å². The van der Waals surface area contributed by atoms with Crippen LogP contribution in [0.5, 0.6) is 0 Å². The molecule has 7 heteroatoms. The van der Waals surface area contributed by atoms with Crippen molar-refractivity contribution in [2.24, 2.45) is 5.41 Å². The molecule has 1 rings (SSSR count). The number of carbonyl (C=O) groups excluding carboxylic acids is 1. The Morgan fingerprint density at radius 3 is 2.71 bits per heavy atom. The first-order chi connectivity index (χ1) is 9.76. The molecule has 1 amide bonds. The first kappa shape index (κ1) is 17.8. The number of nitro groups is 1. The smallest absolute Gasteiger partial charge is 0.270 e. The summed E-state index contributed by atoms with van der Waals surface area (Å²) in [5, 5.41) is 22.4. The Kier molecular flexibility index (Phi) is 6.53. The fraction of sp³-hybridized carbons (Fsp3) is 0.500. The van der Waals surface area contributed by atoms with E-state index in [1.165, 1.54) is 12.1 Å². The molecule has 0 bridgehead atoms. The molecule has 0 aliphatic carbocycles. The van der Waals surface area contributed by atoms with Crippen molar-refractivity contribution in [3.8, 4) is 0 Å². The Labute approximate surface area is 137 Å². The number of hydrogen-bond acceptors (Lipinski definition) is 4. The van der Waals surface area contributed by atoms with Crippen LogP contribution in [0.2, 0.25) is 0 Å². The molecule has 0 aliphatic heterocycles. The first-order valence-corrected chi connectivity index (χ1v) is 7.68. The van der Waals surface area contributed by atoms with E-state index in [9.17, 15) is 14.9 Å². The average molecular weight is 406 g/mol. The molecule has 6 nitrogen and oxygen atoms in total. The van der Waals surface area contributed by atoms with Crippen LogP contribution in [0.1, 0.15) is 37.0 Å². The van der Waals surface area contributed by atoms with Crippen molar-refractivity contribution in [2.75, 3.05) is 13.2 Å². The van der Waals surface area contributed by atoms with Crippen molar-refractivity contribution >= 4 is 34.2 Å². The molecule has 0 heterocycles. The van der Waals surface area contributed by atoms with E-state index in [4.69, 9.17) is 5.11 Å². The van der Waals surface area contributed by atoms with Gasteiger partial charge in [0, 0.05) is 28.9 Å². The van der Waals surface area contributed by atoms with Crippen molar-refractivity contribution in [1.82, 2.24) is 5.32 Å². The van der Waals surface area contributed by atoms with E-state index in [2.05, 4.69) is 5.32 Å². The van der Waals surface area contributed by atoms with Gasteiger partial charge in [-0.2, -0.15) is 0 Å². The lowest BCUT2D eigenvalue weighted by Crippen LogP contribution is -2.34. The Balaban J connectivity index is 2.76. The summed E-state index contributed by atoms with van der Waals surface area (Å²) in [6.07, 6.45) is 1.47. The summed E-state index contributed by atoms with van der Waals surface area (Å²) in [7, 11) is 0. The van der Waals surface area contributed by atoms with E-state index in [-0.39, 0.29) is 23.6 Å². The van der Waals surface area contributed by atoms with E-state index in [1.54, 1.807) is 6.07 Å². The monoisotopic (exact) mass is 406 g/mol. The van der Waals surface area contributed by atoms with Gasteiger partial charge >= 0.3 is 0 Å². The predicted octanol–water partition coefficient (Wildman–Crippen LogP) is 2.73. The fourth-order valence-corrected chi connectivity index (χ4v) is 2.44. The minimum absolute atomic E-state index is 0.0971. The molecule has 0 unspecified atom stereocenters. The van der Waals surface area contributed by atoms with Crippen LogP contribution in [-0.2, 0) is 0 Å². The van der Waals surface area contributed by atoms with Crippen LogP contribution in [-0.4, -0.2) is 29.1 Å². The maximum atomic E-state index is 12.2. The van der Waals surface area contributed by atoms with Crippen molar-refractivity contribution in [1.29, 1.82) is 0 Å². The van der Waals surface area contributed by atoms with Gasteiger partial charge in [0.2, 0.25) is 0 Å². The van der Waals surface area contributed by atoms with Crippen LogP contribution >= 0.6 is 22.6 Å². The second kappa shape index (κ2) is 7.69. The maximum Gasteiger partial charge on any atom is 0.270 e. The lowest BCUT2D eigenvalue weighted by molar-refractivity contribution is -0.384. The molecule has 116 valence electrons. The SMILES string of the molecule is CC(C)(CCCO)CNC(=O)c1cc([N+](=O)[O-])ccc1I. The summed E-state index contributed by atoms with van der Waals surface area (Å²) < 4.78 is 0.670. The van der Waals surface area contributed by atoms with E-state index < -0.39 is 4.92 Å². The zero-order valence-electron chi connectivity index (χ0n) is 12.1. The van der Waals surface area contributed by atoms with Gasteiger partial charge in [0.25, 0.3) is 11.6 Å². The third-order valence-corrected chi connectivity index (χ3v) is 4.09. The van der Waals surface area contributed by atoms with Gasteiger partial charge in [-0.15, -0.1) is 0 Å². The minimum atomic E-state index is -0.516. The third kappa shape index (κ3) is 5.58. The highest BCUT2D eigenvalue weighted by molar-refractivity contribution is 14.1. The number of carbonyl (C=O) groups is 1. The standard InChI is InChI=1S/C14H19IN2O4/c1-14(2,6-3-7-18)9-16-13(19)11-8-10(17(20)21)4-5-12(11)15/h4-5,8,18H,3,6-7,9H2,1-2H3,(H,16,19). The Hall–Kier alpha value is -1.22. The first-order valence-electron chi connectivity index (χ1n) is 6.60. The highest BCUT2D eigenvalue weighted by Crippen LogP contribution is 2.22. The van der Waals surface area contributed by atoms with Gasteiger partial charge in [0.15, 0.2) is 0 Å². The molecule has 21 heavy (non-hydrogen) atoms. The molecule has 0 fully saturated rings. The number of non-ortho nitro benzene ring substituents is 1. The number of amides is 1. The summed E-state index contributed by atoms with van der Waals surface area (Å²) in [4.78, 5) is 22.4. The summed E-state index contributed by atoms with van der Waals surface area (Å²) >= 11 is 1.98. The number of aliphatic hydroxyl groups is 1. The van der Waals surface area contributed by atoms with Gasteiger partial charge in [-0.25, -0.2) is 0 Å². The summed E-state index contributed by atoms with van der Waals surface area (Å²) in [6.45, 7) is 4.58. The zero-order valence-corrected chi connectivity index (χ0v) is 14.2. The molecule has 0 aromatic heterocycles. The maximum absolute atomic E-state index is 12.2. The second-order valence-corrected chi connectivity index (χ2v) is 6.76. The number of aliphatic hydroxyl groups excluding tert-OH is 1. The van der Waals surface area contributed by atoms with Crippen molar-refractivity contribution < 1.29 is 14.8 Å². The van der Waals surface area contributed by atoms with E-state index >= 15 is 0 Å². The normalized spacial score (nSPS) is 11.2. The van der Waals surface area contributed by atoms with Crippen LogP contribution in [0, 0.1) is 19.1 Å². The Morgan fingerprint density at radius 1 is 1.48 bits per heavy atom. The molecule has 1 aromatic carbocycles. The molecule has 0 aliphatic rings. The highest BCUT2D eigenvalue weighted by atomic mass is 127. The lowest BCUT2D eigenvalue weighted by atomic mass is 9.88. The van der Waals surface area contributed by atoms with Crippen molar-refractivity contribution in [2.45, 2.75) is 26.7 Å². The van der Waals surface area contributed by atoms with Gasteiger partial charge in [0.1, 0.15) is 0 Å².